The molecule has 0 atom stereocenters. The van der Waals surface area contributed by atoms with Crippen molar-refractivity contribution in [2.75, 3.05) is 26.7 Å². The molecule has 1 fully saturated rings. The Hall–Kier alpha value is -3.19. The Morgan fingerprint density at radius 3 is 2.51 bits per heavy atom. The van der Waals surface area contributed by atoms with E-state index in [0.29, 0.717) is 18.0 Å². The number of nitrogens with zero attached hydrogens (tertiary/aromatic N) is 4. The highest BCUT2D eigenvalue weighted by Crippen LogP contribution is 2.22. The van der Waals surface area contributed by atoms with E-state index in [-0.39, 0.29) is 0 Å². The monoisotopic (exact) mass is 481 g/mol. The van der Waals surface area contributed by atoms with Crippen molar-refractivity contribution < 1.29 is 8.78 Å². The summed E-state index contributed by atoms with van der Waals surface area (Å²) in [5, 5.41) is 3.12. The Labute approximate surface area is 208 Å². The van der Waals surface area contributed by atoms with Crippen LogP contribution in [0.4, 0.5) is 8.78 Å². The lowest BCUT2D eigenvalue weighted by atomic mass is 9.90. The minimum atomic E-state index is -0.496. The van der Waals surface area contributed by atoms with Crippen molar-refractivity contribution in [1.82, 2.24) is 25.2 Å². The lowest BCUT2D eigenvalue weighted by Gasteiger charge is -2.29. The van der Waals surface area contributed by atoms with E-state index in [4.69, 9.17) is 0 Å². The number of piperidine rings is 1. The summed E-state index contributed by atoms with van der Waals surface area (Å²) in [6.07, 6.45) is 8.13. The van der Waals surface area contributed by atoms with Gasteiger partial charge < -0.3 is 10.2 Å². The number of hydrogen-bond donors (Lipinski definition) is 1. The molecular formula is C28H37F2N5. The Morgan fingerprint density at radius 1 is 1.14 bits per heavy atom. The molecule has 1 aliphatic rings. The molecule has 0 spiro atoms. The molecule has 1 aliphatic heterocycles. The molecule has 0 amide bonds. The topological polar surface area (TPSA) is 53.9 Å². The zero-order valence-corrected chi connectivity index (χ0v) is 21.3. The first-order chi connectivity index (χ1) is 16.9. The van der Waals surface area contributed by atoms with Gasteiger partial charge in [0.05, 0.1) is 23.1 Å². The minimum Gasteiger partial charge on any atom is -0.380 e. The average Bonchev–Trinajstić information content (AvgIpc) is 2.86. The fraction of sp³-hybridized carbons (Fsp3) is 0.393. The molecule has 0 saturated carbocycles. The lowest BCUT2D eigenvalue weighted by molar-refractivity contribution is 0.218. The molecule has 3 heterocycles. The molecule has 0 aliphatic carbocycles. The highest BCUT2D eigenvalue weighted by molar-refractivity contribution is 5.76. The number of rotatable bonds is 6. The molecule has 1 saturated heterocycles. The molecule has 35 heavy (non-hydrogen) atoms. The number of aryl methyl sites for hydroxylation is 1. The van der Waals surface area contributed by atoms with Gasteiger partial charge in [-0.2, -0.15) is 0 Å². The van der Waals surface area contributed by atoms with Crippen LogP contribution in [0.5, 0.6) is 0 Å². The number of likely N-dealkylation sites (tertiary alicyclic amines) is 1. The third-order valence-corrected chi connectivity index (χ3v) is 5.75. The van der Waals surface area contributed by atoms with Crippen LogP contribution in [0.1, 0.15) is 43.6 Å². The summed E-state index contributed by atoms with van der Waals surface area (Å²) in [5.74, 6) is -0.361. The first-order valence-corrected chi connectivity index (χ1v) is 12.1. The number of hydrogen-bond acceptors (Lipinski definition) is 5. The van der Waals surface area contributed by atoms with Crippen molar-refractivity contribution in [3.05, 3.63) is 84.5 Å². The number of halogens is 2. The van der Waals surface area contributed by atoms with Gasteiger partial charge in [0, 0.05) is 18.8 Å². The van der Waals surface area contributed by atoms with Gasteiger partial charge >= 0.3 is 0 Å². The van der Waals surface area contributed by atoms with Crippen LogP contribution in [-0.2, 0) is 6.42 Å². The van der Waals surface area contributed by atoms with Gasteiger partial charge in [0.2, 0.25) is 0 Å². The fourth-order valence-corrected chi connectivity index (χ4v) is 3.82. The largest absolute Gasteiger partial charge is 0.380 e. The van der Waals surface area contributed by atoms with E-state index in [1.54, 1.807) is 24.5 Å². The molecule has 7 heteroatoms. The maximum absolute atomic E-state index is 13.4. The van der Waals surface area contributed by atoms with E-state index >= 15 is 0 Å². The summed E-state index contributed by atoms with van der Waals surface area (Å²) in [6, 6.07) is 5.74. The van der Waals surface area contributed by atoms with Crippen LogP contribution in [0.15, 0.2) is 55.9 Å². The third-order valence-electron chi connectivity index (χ3n) is 5.75. The van der Waals surface area contributed by atoms with E-state index in [0.717, 1.165) is 66.5 Å². The standard InChI is InChI=1S/C13H17F2N.C13H14N4.C2H6/c1-16-6-4-10(5-7-16)8-11-2-3-12(14)9-13(11)15;1-4-6-15-9(2)13-10(3)16-11-5-7-14-8-12(11)17-13;1-2/h2-3,9-10H,4-8H2,1H3;4-5,7-8,15H,1-2,6H2,3H3;1-2H3. The predicted molar refractivity (Wildman–Crippen MR) is 141 cm³/mol. The van der Waals surface area contributed by atoms with Gasteiger partial charge in [-0.15, -0.1) is 6.58 Å². The highest BCUT2D eigenvalue weighted by Gasteiger charge is 2.18. The molecule has 188 valence electrons. The van der Waals surface area contributed by atoms with Gasteiger partial charge in [-0.1, -0.05) is 32.6 Å². The molecule has 2 aromatic heterocycles. The molecular weight excluding hydrogens is 444 g/mol. The molecule has 0 bridgehead atoms. The fourth-order valence-electron chi connectivity index (χ4n) is 3.82. The van der Waals surface area contributed by atoms with Crippen molar-refractivity contribution >= 4 is 16.7 Å². The minimum absolute atomic E-state index is 0.404. The number of benzene rings is 1. The van der Waals surface area contributed by atoms with Crippen molar-refractivity contribution in [3.63, 3.8) is 0 Å². The van der Waals surface area contributed by atoms with Crippen LogP contribution in [0, 0.1) is 24.5 Å². The molecule has 1 aromatic carbocycles. The second-order valence-corrected chi connectivity index (χ2v) is 8.36. The van der Waals surface area contributed by atoms with Crippen LogP contribution in [0.25, 0.3) is 16.7 Å². The van der Waals surface area contributed by atoms with E-state index in [2.05, 4.69) is 45.4 Å². The molecule has 3 aromatic rings. The van der Waals surface area contributed by atoms with Gasteiger partial charge in [0.15, 0.2) is 0 Å². The van der Waals surface area contributed by atoms with Crippen LogP contribution >= 0.6 is 0 Å². The summed E-state index contributed by atoms with van der Waals surface area (Å²) >= 11 is 0. The number of fused-ring (bicyclic) bond motifs is 1. The van der Waals surface area contributed by atoms with Crippen LogP contribution in [0.3, 0.4) is 0 Å². The zero-order valence-electron chi connectivity index (χ0n) is 21.3. The Balaban J connectivity index is 0.000000231. The molecule has 5 nitrogen and oxygen atoms in total. The summed E-state index contributed by atoms with van der Waals surface area (Å²) in [7, 11) is 2.11. The third kappa shape index (κ3) is 8.51. The quantitative estimate of drug-likeness (QED) is 0.441. The molecule has 0 unspecified atom stereocenters. The zero-order chi connectivity index (χ0) is 25.8. The molecule has 0 radical (unpaired) electrons. The van der Waals surface area contributed by atoms with Crippen molar-refractivity contribution in [2.45, 2.75) is 40.0 Å². The van der Waals surface area contributed by atoms with Gasteiger partial charge in [0.25, 0.3) is 0 Å². The highest BCUT2D eigenvalue weighted by atomic mass is 19.1. The summed E-state index contributed by atoms with van der Waals surface area (Å²) in [4.78, 5) is 15.3. The number of pyridine rings is 1. The van der Waals surface area contributed by atoms with E-state index < -0.39 is 11.6 Å². The maximum atomic E-state index is 13.4. The smallest absolute Gasteiger partial charge is 0.129 e. The van der Waals surface area contributed by atoms with Crippen LogP contribution < -0.4 is 5.32 Å². The van der Waals surface area contributed by atoms with E-state index in [1.165, 1.54) is 6.07 Å². The number of aromatic nitrogens is 3. The van der Waals surface area contributed by atoms with E-state index in [9.17, 15) is 8.78 Å². The first-order valence-electron chi connectivity index (χ1n) is 12.1. The van der Waals surface area contributed by atoms with Gasteiger partial charge in [-0.25, -0.2) is 18.7 Å². The normalized spacial score (nSPS) is 13.8. The lowest BCUT2D eigenvalue weighted by Crippen LogP contribution is -2.31. The summed E-state index contributed by atoms with van der Waals surface area (Å²) in [6.45, 7) is 16.3. The van der Waals surface area contributed by atoms with Crippen LogP contribution in [0.2, 0.25) is 0 Å². The van der Waals surface area contributed by atoms with E-state index in [1.807, 2.05) is 26.8 Å². The van der Waals surface area contributed by atoms with Gasteiger partial charge in [-0.05, 0) is 69.9 Å². The SMILES string of the molecule is C=CCNC(=C)c1nc2cnccc2nc1C.CC.CN1CCC(Cc2ccc(F)cc2F)CC1. The van der Waals surface area contributed by atoms with Gasteiger partial charge in [0.1, 0.15) is 22.8 Å². The summed E-state index contributed by atoms with van der Waals surface area (Å²) < 4.78 is 26.2. The summed E-state index contributed by atoms with van der Waals surface area (Å²) in [5.41, 5.74) is 4.64. The van der Waals surface area contributed by atoms with Crippen molar-refractivity contribution in [3.8, 4) is 0 Å². The second kappa shape index (κ2) is 14.3. The first kappa shape index (κ1) is 28.1. The molecule has 1 N–H and O–H groups in total. The molecule has 4 rings (SSSR count). The van der Waals surface area contributed by atoms with Crippen molar-refractivity contribution in [1.29, 1.82) is 0 Å². The van der Waals surface area contributed by atoms with Crippen molar-refractivity contribution in [2.24, 2.45) is 5.92 Å². The van der Waals surface area contributed by atoms with Gasteiger partial charge in [-0.3, -0.25) is 4.98 Å². The number of nitrogens with one attached hydrogen (secondary N) is 1. The second-order valence-electron chi connectivity index (χ2n) is 8.36. The Kier molecular flexibility index (Phi) is 11.4. The average molecular weight is 482 g/mol. The Morgan fingerprint density at radius 2 is 1.86 bits per heavy atom. The Bertz CT molecular complexity index is 1110. The van der Waals surface area contributed by atoms with Crippen LogP contribution in [-0.4, -0.2) is 46.5 Å². The maximum Gasteiger partial charge on any atom is 0.129 e. The predicted octanol–water partition coefficient (Wildman–Crippen LogP) is 5.95.